The van der Waals surface area contributed by atoms with Crippen LogP contribution in [0, 0.1) is 5.53 Å². The minimum Gasteiger partial charge on any atom is -0.508 e. The summed E-state index contributed by atoms with van der Waals surface area (Å²) >= 11 is 6.17. The van der Waals surface area contributed by atoms with Crippen molar-refractivity contribution in [2.45, 2.75) is 0 Å². The zero-order chi connectivity index (χ0) is 16.2. The first-order chi connectivity index (χ1) is 11.2. The second-order valence-electron chi connectivity index (χ2n) is 4.84. The van der Waals surface area contributed by atoms with Crippen LogP contribution >= 0.6 is 11.6 Å². The molecule has 0 atom stereocenters. The number of phenolic OH excluding ortho intramolecular Hbond substituents is 1. The van der Waals surface area contributed by atoms with Gasteiger partial charge in [0, 0.05) is 17.3 Å². The van der Waals surface area contributed by atoms with Crippen molar-refractivity contribution >= 4 is 33.9 Å². The summed E-state index contributed by atoms with van der Waals surface area (Å²) in [7, 11) is 0. The standard InChI is InChI=1S/C17H13ClN4O/c18-14-3-1-2-11-4-9-15(21-17(11)14)16(22-19)10-20-12-5-7-13(23)8-6-12/h1-10,19-20,23H/b16-10-,22-19?. The predicted molar refractivity (Wildman–Crippen MR) is 91.6 cm³/mol. The van der Waals surface area contributed by atoms with E-state index in [2.05, 4.69) is 15.4 Å². The Labute approximate surface area is 137 Å². The zero-order valence-electron chi connectivity index (χ0n) is 12.0. The van der Waals surface area contributed by atoms with Crippen LogP contribution < -0.4 is 5.32 Å². The maximum atomic E-state index is 9.27. The van der Waals surface area contributed by atoms with Crippen molar-refractivity contribution in [2.75, 3.05) is 5.32 Å². The molecule has 0 bridgehead atoms. The van der Waals surface area contributed by atoms with E-state index >= 15 is 0 Å². The molecule has 5 nitrogen and oxygen atoms in total. The molecule has 23 heavy (non-hydrogen) atoms. The molecule has 0 radical (unpaired) electrons. The Morgan fingerprint density at radius 3 is 2.65 bits per heavy atom. The number of aromatic hydroxyl groups is 1. The first-order valence-electron chi connectivity index (χ1n) is 6.86. The van der Waals surface area contributed by atoms with E-state index in [4.69, 9.17) is 17.1 Å². The van der Waals surface area contributed by atoms with E-state index in [9.17, 15) is 5.11 Å². The SMILES string of the molecule is N=N/C(=C\Nc1ccc(O)cc1)c1ccc2cccc(Cl)c2n1. The number of nitrogens with zero attached hydrogens (tertiary/aromatic N) is 2. The lowest BCUT2D eigenvalue weighted by atomic mass is 10.2. The van der Waals surface area contributed by atoms with Crippen molar-refractivity contribution in [3.05, 3.63) is 71.5 Å². The van der Waals surface area contributed by atoms with Gasteiger partial charge in [0.1, 0.15) is 11.4 Å². The van der Waals surface area contributed by atoms with Crippen LogP contribution in [-0.2, 0) is 0 Å². The zero-order valence-corrected chi connectivity index (χ0v) is 12.7. The first kappa shape index (κ1) is 15.0. The van der Waals surface area contributed by atoms with Crippen LogP contribution in [0.4, 0.5) is 5.69 Å². The van der Waals surface area contributed by atoms with E-state index in [0.717, 1.165) is 11.1 Å². The smallest absolute Gasteiger partial charge is 0.127 e. The van der Waals surface area contributed by atoms with Gasteiger partial charge >= 0.3 is 0 Å². The third-order valence-corrected chi connectivity index (χ3v) is 3.60. The third kappa shape index (κ3) is 3.30. The van der Waals surface area contributed by atoms with E-state index < -0.39 is 0 Å². The van der Waals surface area contributed by atoms with Crippen LogP contribution in [0.1, 0.15) is 5.69 Å². The van der Waals surface area contributed by atoms with Gasteiger partial charge in [-0.1, -0.05) is 29.8 Å². The van der Waals surface area contributed by atoms with Gasteiger partial charge in [0.15, 0.2) is 0 Å². The lowest BCUT2D eigenvalue weighted by Gasteiger charge is -2.05. The number of fused-ring (bicyclic) bond motifs is 1. The molecule has 1 heterocycles. The lowest BCUT2D eigenvalue weighted by Crippen LogP contribution is -1.93. The summed E-state index contributed by atoms with van der Waals surface area (Å²) in [6, 6.07) is 15.8. The molecule has 0 saturated heterocycles. The summed E-state index contributed by atoms with van der Waals surface area (Å²) in [4.78, 5) is 4.48. The number of hydrogen-bond acceptors (Lipinski definition) is 5. The van der Waals surface area contributed by atoms with Gasteiger partial charge < -0.3 is 10.4 Å². The van der Waals surface area contributed by atoms with Crippen molar-refractivity contribution in [1.29, 1.82) is 5.53 Å². The molecular weight excluding hydrogens is 312 g/mol. The summed E-state index contributed by atoms with van der Waals surface area (Å²) < 4.78 is 0. The second kappa shape index (κ2) is 6.46. The normalized spacial score (nSPS) is 11.4. The molecule has 1 aromatic heterocycles. The van der Waals surface area contributed by atoms with Crippen molar-refractivity contribution in [3.8, 4) is 5.75 Å². The van der Waals surface area contributed by atoms with E-state index in [1.807, 2.05) is 18.2 Å². The van der Waals surface area contributed by atoms with Crippen molar-refractivity contribution in [1.82, 2.24) is 4.98 Å². The van der Waals surface area contributed by atoms with Crippen LogP contribution in [0.15, 0.2) is 65.9 Å². The van der Waals surface area contributed by atoms with E-state index in [0.29, 0.717) is 21.9 Å². The average molecular weight is 325 g/mol. The highest BCUT2D eigenvalue weighted by molar-refractivity contribution is 6.35. The van der Waals surface area contributed by atoms with Crippen LogP contribution in [0.5, 0.6) is 5.75 Å². The van der Waals surface area contributed by atoms with E-state index in [1.54, 1.807) is 42.6 Å². The first-order valence-corrected chi connectivity index (χ1v) is 7.24. The molecule has 0 amide bonds. The Bertz CT molecular complexity index is 891. The number of hydrogen-bond donors (Lipinski definition) is 3. The molecule has 0 spiro atoms. The average Bonchev–Trinajstić information content (AvgIpc) is 2.57. The fourth-order valence-corrected chi connectivity index (χ4v) is 2.35. The number of anilines is 1. The van der Waals surface area contributed by atoms with Gasteiger partial charge in [0.25, 0.3) is 0 Å². The molecule has 2 aromatic carbocycles. The van der Waals surface area contributed by atoms with E-state index in [1.165, 1.54) is 0 Å². The Morgan fingerprint density at radius 2 is 1.91 bits per heavy atom. The molecule has 3 aromatic rings. The predicted octanol–water partition coefficient (Wildman–Crippen LogP) is 5.04. The number of halogens is 1. The molecule has 3 rings (SSSR count). The molecule has 0 aliphatic heterocycles. The van der Waals surface area contributed by atoms with Gasteiger partial charge in [-0.3, -0.25) is 0 Å². The van der Waals surface area contributed by atoms with Crippen molar-refractivity contribution in [3.63, 3.8) is 0 Å². The highest BCUT2D eigenvalue weighted by Gasteiger charge is 2.06. The molecule has 3 N–H and O–H groups in total. The highest BCUT2D eigenvalue weighted by atomic mass is 35.5. The quantitative estimate of drug-likeness (QED) is 0.464. The Balaban J connectivity index is 1.93. The lowest BCUT2D eigenvalue weighted by molar-refractivity contribution is 0.475. The summed E-state index contributed by atoms with van der Waals surface area (Å²) in [6.07, 6.45) is 1.59. The summed E-state index contributed by atoms with van der Waals surface area (Å²) in [5.41, 5.74) is 9.72. The van der Waals surface area contributed by atoms with Gasteiger partial charge in [-0.05, 0) is 36.4 Å². The van der Waals surface area contributed by atoms with E-state index in [-0.39, 0.29) is 5.75 Å². The number of nitrogens with one attached hydrogen (secondary N) is 2. The van der Waals surface area contributed by atoms with Gasteiger partial charge in [-0.2, -0.15) is 5.11 Å². The van der Waals surface area contributed by atoms with Gasteiger partial charge in [0.2, 0.25) is 0 Å². The maximum Gasteiger partial charge on any atom is 0.127 e. The van der Waals surface area contributed by atoms with Crippen LogP contribution in [0.2, 0.25) is 5.02 Å². The highest BCUT2D eigenvalue weighted by Crippen LogP contribution is 2.24. The summed E-state index contributed by atoms with van der Waals surface area (Å²) in [5.74, 6) is 0.191. The fraction of sp³-hybridized carbons (Fsp3) is 0. The maximum absolute atomic E-state index is 9.27. The Morgan fingerprint density at radius 1 is 1.13 bits per heavy atom. The van der Waals surface area contributed by atoms with Crippen LogP contribution in [0.25, 0.3) is 16.6 Å². The monoisotopic (exact) mass is 324 g/mol. The van der Waals surface area contributed by atoms with Crippen molar-refractivity contribution in [2.24, 2.45) is 5.11 Å². The third-order valence-electron chi connectivity index (χ3n) is 3.30. The number of pyridine rings is 1. The number of benzene rings is 2. The molecule has 0 aliphatic carbocycles. The number of para-hydroxylation sites is 1. The second-order valence-corrected chi connectivity index (χ2v) is 5.25. The summed E-state index contributed by atoms with van der Waals surface area (Å²) in [5, 5.41) is 17.3. The fourth-order valence-electron chi connectivity index (χ4n) is 2.13. The molecule has 0 unspecified atom stereocenters. The summed E-state index contributed by atoms with van der Waals surface area (Å²) in [6.45, 7) is 0. The molecule has 0 fully saturated rings. The topological polar surface area (TPSA) is 81.4 Å². The molecule has 0 aliphatic rings. The van der Waals surface area contributed by atoms with Gasteiger partial charge in [-0.15, -0.1) is 0 Å². The number of rotatable bonds is 4. The van der Waals surface area contributed by atoms with Crippen LogP contribution in [0.3, 0.4) is 0 Å². The minimum atomic E-state index is 0.191. The Kier molecular flexibility index (Phi) is 4.21. The van der Waals surface area contributed by atoms with Gasteiger partial charge in [0.05, 0.1) is 16.2 Å². The molecule has 6 heteroatoms. The van der Waals surface area contributed by atoms with Crippen LogP contribution in [-0.4, -0.2) is 10.1 Å². The number of aromatic nitrogens is 1. The largest absolute Gasteiger partial charge is 0.508 e. The molecule has 114 valence electrons. The van der Waals surface area contributed by atoms with Crippen molar-refractivity contribution < 1.29 is 5.11 Å². The number of phenols is 1. The Hall–Kier alpha value is -2.92. The molecular formula is C17H13ClN4O. The minimum absolute atomic E-state index is 0.191. The van der Waals surface area contributed by atoms with Gasteiger partial charge in [-0.25, -0.2) is 10.5 Å². The molecule has 0 saturated carbocycles.